The maximum absolute atomic E-state index is 11.4. The second-order valence-corrected chi connectivity index (χ2v) is 5.77. The minimum atomic E-state index is 0.612. The number of ether oxygens (including phenoxy) is 3. The summed E-state index contributed by atoms with van der Waals surface area (Å²) >= 11 is 1.71. The third-order valence-corrected chi connectivity index (χ3v) is 4.22. The molecule has 1 aromatic rings. The van der Waals surface area contributed by atoms with Crippen LogP contribution in [0.5, 0.6) is 0 Å². The number of rotatable bonds is 11. The van der Waals surface area contributed by atoms with Crippen LogP contribution in [0.1, 0.15) is 17.7 Å². The highest BCUT2D eigenvalue weighted by atomic mass is 32.2. The maximum Gasteiger partial charge on any atom is 0.193 e. The summed E-state index contributed by atoms with van der Waals surface area (Å²) in [6.45, 7) is 7.16. The minimum absolute atomic E-state index is 0.612. The van der Waals surface area contributed by atoms with Gasteiger partial charge in [-0.25, -0.2) is 0 Å². The van der Waals surface area contributed by atoms with Gasteiger partial charge in [0.05, 0.1) is 19.8 Å². The largest absolute Gasteiger partial charge is 0.619 e. The number of hydrogen-bond donors (Lipinski definition) is 0. The van der Waals surface area contributed by atoms with E-state index < -0.39 is 0 Å². The van der Waals surface area contributed by atoms with Gasteiger partial charge >= 0.3 is 0 Å². The number of aromatic nitrogens is 1. The molecule has 0 aliphatic rings. The van der Waals surface area contributed by atoms with Crippen molar-refractivity contribution in [1.82, 2.24) is 0 Å². The van der Waals surface area contributed by atoms with Crippen molar-refractivity contribution in [2.24, 2.45) is 0 Å². The second-order valence-electron chi connectivity index (χ2n) is 4.64. The first-order valence-corrected chi connectivity index (χ1v) is 8.12. The average molecular weight is 315 g/mol. The van der Waals surface area contributed by atoms with E-state index in [2.05, 4.69) is 0 Å². The lowest BCUT2D eigenvalue weighted by molar-refractivity contribution is -0.613. The van der Waals surface area contributed by atoms with Crippen molar-refractivity contribution < 1.29 is 18.9 Å². The standard InChI is InChI=1S/C15H25NO4S/c1-13-14(2)16(17)6-5-15(13)21-12-11-20-10-9-19-8-4-7-18-3/h5-6H,4,7-12H2,1-3H3. The number of methoxy groups -OCH3 is 1. The normalized spacial score (nSPS) is 11.0. The molecule has 0 aliphatic heterocycles. The maximum atomic E-state index is 11.4. The van der Waals surface area contributed by atoms with Crippen molar-refractivity contribution in [2.75, 3.05) is 45.9 Å². The molecule has 0 saturated carbocycles. The molecule has 21 heavy (non-hydrogen) atoms. The summed E-state index contributed by atoms with van der Waals surface area (Å²) in [6.07, 6.45) is 2.47. The van der Waals surface area contributed by atoms with Crippen molar-refractivity contribution in [3.63, 3.8) is 0 Å². The fourth-order valence-corrected chi connectivity index (χ4v) is 2.65. The van der Waals surface area contributed by atoms with Crippen molar-refractivity contribution in [3.8, 4) is 0 Å². The Labute approximate surface area is 131 Å². The van der Waals surface area contributed by atoms with Crippen LogP contribution in [0.15, 0.2) is 17.2 Å². The number of nitrogens with zero attached hydrogens (tertiary/aromatic N) is 1. The van der Waals surface area contributed by atoms with Crippen molar-refractivity contribution in [1.29, 1.82) is 0 Å². The van der Waals surface area contributed by atoms with Crippen LogP contribution in [-0.2, 0) is 14.2 Å². The summed E-state index contributed by atoms with van der Waals surface area (Å²) in [4.78, 5) is 1.14. The van der Waals surface area contributed by atoms with Crippen LogP contribution in [-0.4, -0.2) is 45.9 Å². The molecule has 0 aromatic carbocycles. The van der Waals surface area contributed by atoms with E-state index in [1.54, 1.807) is 25.1 Å². The van der Waals surface area contributed by atoms with E-state index in [0.717, 1.165) is 39.7 Å². The molecule has 0 fully saturated rings. The quantitative estimate of drug-likeness (QED) is 0.271. The van der Waals surface area contributed by atoms with Gasteiger partial charge < -0.3 is 19.4 Å². The highest BCUT2D eigenvalue weighted by Crippen LogP contribution is 2.22. The molecular weight excluding hydrogens is 290 g/mol. The third kappa shape index (κ3) is 7.13. The predicted octanol–water partition coefficient (Wildman–Crippen LogP) is 2.10. The molecule has 0 radical (unpaired) electrons. The van der Waals surface area contributed by atoms with E-state index in [1.165, 1.54) is 0 Å². The Balaban J connectivity index is 2.06. The molecule has 0 saturated heterocycles. The average Bonchev–Trinajstić information content (AvgIpc) is 2.49. The smallest absolute Gasteiger partial charge is 0.193 e. The van der Waals surface area contributed by atoms with Crippen molar-refractivity contribution in [3.05, 3.63) is 28.7 Å². The fourth-order valence-electron chi connectivity index (χ4n) is 1.71. The highest BCUT2D eigenvalue weighted by molar-refractivity contribution is 7.99. The zero-order valence-electron chi connectivity index (χ0n) is 13.1. The highest BCUT2D eigenvalue weighted by Gasteiger charge is 2.08. The summed E-state index contributed by atoms with van der Waals surface area (Å²) in [5.74, 6) is 0.868. The first-order chi connectivity index (χ1) is 10.2. The SMILES string of the molecule is COCCCOCCOCCSc1cc[n+]([O-])c(C)c1C. The summed E-state index contributed by atoms with van der Waals surface area (Å²) in [5.41, 5.74) is 1.80. The Hall–Kier alpha value is -0.820. The van der Waals surface area contributed by atoms with Crippen LogP contribution < -0.4 is 4.73 Å². The molecule has 0 amide bonds. The van der Waals surface area contributed by atoms with Gasteiger partial charge in [0.25, 0.3) is 0 Å². The zero-order chi connectivity index (χ0) is 15.5. The van der Waals surface area contributed by atoms with Gasteiger partial charge in [0.15, 0.2) is 11.9 Å². The van der Waals surface area contributed by atoms with Crippen molar-refractivity contribution in [2.45, 2.75) is 25.2 Å². The van der Waals surface area contributed by atoms with Crippen LogP contribution in [0, 0.1) is 19.1 Å². The topological polar surface area (TPSA) is 54.6 Å². The first kappa shape index (κ1) is 18.2. The van der Waals surface area contributed by atoms with Gasteiger partial charge in [-0.3, -0.25) is 0 Å². The van der Waals surface area contributed by atoms with Gasteiger partial charge in [-0.1, -0.05) is 0 Å². The van der Waals surface area contributed by atoms with Gasteiger partial charge in [0.1, 0.15) is 0 Å². The molecule has 0 aliphatic carbocycles. The predicted molar refractivity (Wildman–Crippen MR) is 83.7 cm³/mol. The molecule has 1 heterocycles. The summed E-state index contributed by atoms with van der Waals surface area (Å²) in [7, 11) is 1.69. The fraction of sp³-hybridized carbons (Fsp3) is 0.667. The Bertz CT molecular complexity index is 415. The molecule has 1 aromatic heterocycles. The second kappa shape index (κ2) is 10.8. The molecule has 0 N–H and O–H groups in total. The molecular formula is C15H25NO4S. The molecule has 120 valence electrons. The van der Waals surface area contributed by atoms with Crippen LogP contribution in [0.2, 0.25) is 0 Å². The number of pyridine rings is 1. The van der Waals surface area contributed by atoms with E-state index in [9.17, 15) is 5.21 Å². The lowest BCUT2D eigenvalue weighted by atomic mass is 10.2. The van der Waals surface area contributed by atoms with Crippen LogP contribution in [0.3, 0.4) is 0 Å². The third-order valence-electron chi connectivity index (χ3n) is 3.10. The van der Waals surface area contributed by atoms with E-state index in [-0.39, 0.29) is 0 Å². The van der Waals surface area contributed by atoms with Gasteiger partial charge in [-0.15, -0.1) is 11.8 Å². The van der Waals surface area contributed by atoms with Gasteiger partial charge in [-0.05, 0) is 13.3 Å². The minimum Gasteiger partial charge on any atom is -0.619 e. The summed E-state index contributed by atoms with van der Waals surface area (Å²) in [6, 6.07) is 1.86. The Kier molecular flexibility index (Phi) is 9.41. The van der Waals surface area contributed by atoms with Crippen LogP contribution in [0.25, 0.3) is 0 Å². The molecule has 0 spiro atoms. The van der Waals surface area contributed by atoms with E-state index in [0.29, 0.717) is 26.4 Å². The number of hydrogen-bond acceptors (Lipinski definition) is 5. The summed E-state index contributed by atoms with van der Waals surface area (Å²) in [5, 5.41) is 11.4. The first-order valence-electron chi connectivity index (χ1n) is 7.13. The van der Waals surface area contributed by atoms with E-state index in [4.69, 9.17) is 14.2 Å². The van der Waals surface area contributed by atoms with E-state index >= 15 is 0 Å². The van der Waals surface area contributed by atoms with Crippen molar-refractivity contribution >= 4 is 11.8 Å². The van der Waals surface area contributed by atoms with Gasteiger partial charge in [0.2, 0.25) is 0 Å². The van der Waals surface area contributed by atoms with Crippen LogP contribution >= 0.6 is 11.8 Å². The molecule has 0 atom stereocenters. The van der Waals surface area contributed by atoms with Gasteiger partial charge in [0, 0.05) is 49.5 Å². The molecule has 0 unspecified atom stereocenters. The monoisotopic (exact) mass is 315 g/mol. The number of thioether (sulfide) groups is 1. The Morgan fingerprint density at radius 3 is 2.52 bits per heavy atom. The zero-order valence-corrected chi connectivity index (χ0v) is 13.9. The van der Waals surface area contributed by atoms with Gasteiger partial charge in [-0.2, -0.15) is 4.73 Å². The lowest BCUT2D eigenvalue weighted by Gasteiger charge is -2.09. The molecule has 6 heteroatoms. The van der Waals surface area contributed by atoms with E-state index in [1.807, 2.05) is 19.9 Å². The lowest BCUT2D eigenvalue weighted by Crippen LogP contribution is -2.30. The molecule has 0 bridgehead atoms. The molecule has 5 nitrogen and oxygen atoms in total. The summed E-state index contributed by atoms with van der Waals surface area (Å²) < 4.78 is 16.7. The Morgan fingerprint density at radius 2 is 1.81 bits per heavy atom. The Morgan fingerprint density at radius 1 is 1.10 bits per heavy atom. The van der Waals surface area contributed by atoms with Crippen LogP contribution in [0.4, 0.5) is 0 Å². The molecule has 1 rings (SSSR count).